The Hall–Kier alpha value is -1.73. The van der Waals surface area contributed by atoms with Gasteiger partial charge < -0.3 is 11.1 Å². The summed E-state index contributed by atoms with van der Waals surface area (Å²) >= 11 is 1.44. The normalized spacial score (nSPS) is 10.5. The Kier molecular flexibility index (Phi) is 3.50. The first-order valence-electron chi connectivity index (χ1n) is 5.14. The fraction of sp³-hybridized carbons (Fsp3) is 0.300. The van der Waals surface area contributed by atoms with Gasteiger partial charge in [-0.3, -0.25) is 9.48 Å². The molecule has 0 atom stereocenters. The summed E-state index contributed by atoms with van der Waals surface area (Å²) < 4.78 is 1.59. The van der Waals surface area contributed by atoms with E-state index in [1.807, 2.05) is 0 Å². The number of rotatable bonds is 4. The number of aryl methyl sites for hydroxylation is 1. The van der Waals surface area contributed by atoms with Crippen molar-refractivity contribution in [3.8, 4) is 0 Å². The van der Waals surface area contributed by atoms with Gasteiger partial charge in [-0.1, -0.05) is 0 Å². The lowest BCUT2D eigenvalue weighted by atomic mass is 10.4. The minimum Gasteiger partial charge on any atom is -0.330 e. The molecule has 0 aromatic carbocycles. The highest BCUT2D eigenvalue weighted by atomic mass is 32.1. The third-order valence-electron chi connectivity index (χ3n) is 2.21. The second kappa shape index (κ2) is 5.07. The zero-order valence-electron chi connectivity index (χ0n) is 9.38. The maximum Gasteiger partial charge on any atom is 0.276 e. The van der Waals surface area contributed by atoms with Gasteiger partial charge in [0.15, 0.2) is 0 Å². The predicted octanol–water partition coefficient (Wildman–Crippen LogP) is 0.630. The highest BCUT2D eigenvalue weighted by Gasteiger charge is 2.11. The SMILES string of the molecule is Cn1nccc1NC(=O)c1csc(CCN)n1. The molecule has 0 fully saturated rings. The minimum absolute atomic E-state index is 0.229. The number of hydrogen-bond acceptors (Lipinski definition) is 5. The van der Waals surface area contributed by atoms with E-state index < -0.39 is 0 Å². The second-order valence-corrected chi connectivity index (χ2v) is 4.40. The molecular weight excluding hydrogens is 238 g/mol. The van der Waals surface area contributed by atoms with E-state index in [1.54, 1.807) is 29.4 Å². The Balaban J connectivity index is 2.07. The minimum atomic E-state index is -0.229. The van der Waals surface area contributed by atoms with Crippen LogP contribution in [0.5, 0.6) is 0 Å². The Bertz CT molecular complexity index is 518. The molecule has 0 saturated heterocycles. The highest BCUT2D eigenvalue weighted by molar-refractivity contribution is 7.09. The van der Waals surface area contributed by atoms with Crippen molar-refractivity contribution in [3.63, 3.8) is 0 Å². The van der Waals surface area contributed by atoms with Gasteiger partial charge in [-0.2, -0.15) is 5.10 Å². The van der Waals surface area contributed by atoms with Crippen molar-refractivity contribution in [2.24, 2.45) is 12.8 Å². The average Bonchev–Trinajstić information content (AvgIpc) is 2.90. The molecule has 7 heteroatoms. The third-order valence-corrected chi connectivity index (χ3v) is 3.11. The zero-order valence-corrected chi connectivity index (χ0v) is 10.2. The van der Waals surface area contributed by atoms with Crippen LogP contribution in [0.2, 0.25) is 0 Å². The van der Waals surface area contributed by atoms with Gasteiger partial charge in [0, 0.05) is 24.9 Å². The predicted molar refractivity (Wildman–Crippen MR) is 66.0 cm³/mol. The van der Waals surface area contributed by atoms with Gasteiger partial charge in [-0.25, -0.2) is 4.98 Å². The molecule has 6 nitrogen and oxygen atoms in total. The van der Waals surface area contributed by atoms with Gasteiger partial charge >= 0.3 is 0 Å². The molecule has 2 heterocycles. The summed E-state index contributed by atoms with van der Waals surface area (Å²) in [5.74, 6) is 0.413. The molecule has 0 unspecified atom stereocenters. The fourth-order valence-corrected chi connectivity index (χ4v) is 2.12. The Labute approximate surface area is 102 Å². The number of aromatic nitrogens is 3. The summed E-state index contributed by atoms with van der Waals surface area (Å²) in [5, 5.41) is 9.31. The van der Waals surface area contributed by atoms with Crippen LogP contribution in [0, 0.1) is 0 Å². The lowest BCUT2D eigenvalue weighted by Gasteiger charge is -2.02. The van der Waals surface area contributed by atoms with E-state index in [-0.39, 0.29) is 5.91 Å². The number of nitrogens with zero attached hydrogens (tertiary/aromatic N) is 3. The number of nitrogens with one attached hydrogen (secondary N) is 1. The number of hydrogen-bond donors (Lipinski definition) is 2. The van der Waals surface area contributed by atoms with Crippen molar-refractivity contribution in [1.29, 1.82) is 0 Å². The molecule has 90 valence electrons. The van der Waals surface area contributed by atoms with Gasteiger partial charge in [-0.15, -0.1) is 11.3 Å². The first-order valence-corrected chi connectivity index (χ1v) is 6.02. The van der Waals surface area contributed by atoms with E-state index >= 15 is 0 Å². The molecule has 2 rings (SSSR count). The van der Waals surface area contributed by atoms with Crippen molar-refractivity contribution in [1.82, 2.24) is 14.8 Å². The van der Waals surface area contributed by atoms with Crippen molar-refractivity contribution in [3.05, 3.63) is 28.3 Å². The number of carbonyl (C=O) groups is 1. The lowest BCUT2D eigenvalue weighted by molar-refractivity contribution is 0.102. The average molecular weight is 251 g/mol. The van der Waals surface area contributed by atoms with E-state index in [2.05, 4.69) is 15.4 Å². The molecule has 0 saturated carbocycles. The van der Waals surface area contributed by atoms with Crippen LogP contribution in [0.1, 0.15) is 15.5 Å². The van der Waals surface area contributed by atoms with Crippen molar-refractivity contribution in [2.45, 2.75) is 6.42 Å². The molecule has 0 aliphatic carbocycles. The molecule has 0 radical (unpaired) electrons. The van der Waals surface area contributed by atoms with Gasteiger partial charge in [0.2, 0.25) is 0 Å². The highest BCUT2D eigenvalue weighted by Crippen LogP contribution is 2.12. The van der Waals surface area contributed by atoms with Gasteiger partial charge in [0.25, 0.3) is 5.91 Å². The van der Waals surface area contributed by atoms with E-state index in [1.165, 1.54) is 11.3 Å². The number of nitrogens with two attached hydrogens (primary N) is 1. The van der Waals surface area contributed by atoms with Crippen LogP contribution >= 0.6 is 11.3 Å². The van der Waals surface area contributed by atoms with Crippen LogP contribution in [0.25, 0.3) is 0 Å². The van der Waals surface area contributed by atoms with Crippen LogP contribution in [0.15, 0.2) is 17.6 Å². The van der Waals surface area contributed by atoms with Gasteiger partial charge in [-0.05, 0) is 6.54 Å². The lowest BCUT2D eigenvalue weighted by Crippen LogP contribution is -2.15. The summed E-state index contributed by atoms with van der Waals surface area (Å²) in [5.41, 5.74) is 5.85. The number of anilines is 1. The first-order chi connectivity index (χ1) is 8.20. The molecular formula is C10H13N5OS. The number of amides is 1. The molecule has 17 heavy (non-hydrogen) atoms. The largest absolute Gasteiger partial charge is 0.330 e. The van der Waals surface area contributed by atoms with E-state index in [9.17, 15) is 4.79 Å². The maximum atomic E-state index is 11.8. The first kappa shape index (κ1) is 11.7. The van der Waals surface area contributed by atoms with Gasteiger partial charge in [0.1, 0.15) is 11.5 Å². The molecule has 0 aliphatic rings. The fourth-order valence-electron chi connectivity index (χ4n) is 1.33. The summed E-state index contributed by atoms with van der Waals surface area (Å²) in [6.45, 7) is 0.538. The molecule has 3 N–H and O–H groups in total. The Morgan fingerprint density at radius 1 is 1.65 bits per heavy atom. The maximum absolute atomic E-state index is 11.8. The molecule has 0 aliphatic heterocycles. The van der Waals surface area contributed by atoms with E-state index in [0.717, 1.165) is 5.01 Å². The summed E-state index contributed by atoms with van der Waals surface area (Å²) in [7, 11) is 1.76. The van der Waals surface area contributed by atoms with Crippen LogP contribution in [-0.4, -0.2) is 27.2 Å². The van der Waals surface area contributed by atoms with Crippen molar-refractivity contribution < 1.29 is 4.79 Å². The van der Waals surface area contributed by atoms with Gasteiger partial charge in [0.05, 0.1) is 11.2 Å². The zero-order chi connectivity index (χ0) is 12.3. The quantitative estimate of drug-likeness (QED) is 0.834. The van der Waals surface area contributed by atoms with Crippen LogP contribution in [0.4, 0.5) is 5.82 Å². The molecule has 1 amide bonds. The van der Waals surface area contributed by atoms with E-state index in [0.29, 0.717) is 24.5 Å². The summed E-state index contributed by atoms with van der Waals surface area (Å²) in [4.78, 5) is 16.0. The van der Waals surface area contributed by atoms with Crippen molar-refractivity contribution >= 4 is 23.1 Å². The number of thiazole rings is 1. The molecule has 2 aromatic heterocycles. The van der Waals surface area contributed by atoms with E-state index in [4.69, 9.17) is 5.73 Å². The molecule has 0 spiro atoms. The molecule has 0 bridgehead atoms. The summed E-state index contributed by atoms with van der Waals surface area (Å²) in [6.07, 6.45) is 2.32. The monoisotopic (exact) mass is 251 g/mol. The third kappa shape index (κ3) is 2.69. The number of carbonyl (C=O) groups excluding carboxylic acids is 1. The summed E-state index contributed by atoms with van der Waals surface area (Å²) in [6, 6.07) is 1.73. The van der Waals surface area contributed by atoms with Crippen LogP contribution in [0.3, 0.4) is 0 Å². The molecule has 2 aromatic rings. The van der Waals surface area contributed by atoms with Crippen LogP contribution < -0.4 is 11.1 Å². The van der Waals surface area contributed by atoms with Crippen molar-refractivity contribution in [2.75, 3.05) is 11.9 Å². The topological polar surface area (TPSA) is 85.8 Å². The second-order valence-electron chi connectivity index (χ2n) is 3.46. The van der Waals surface area contributed by atoms with Crippen LogP contribution in [-0.2, 0) is 13.5 Å². The standard InChI is InChI=1S/C10H13N5OS/c1-15-8(3-5-12-15)14-10(16)7-6-17-9(13-7)2-4-11/h3,5-6H,2,4,11H2,1H3,(H,14,16). The Morgan fingerprint density at radius 2 is 2.47 bits per heavy atom. The Morgan fingerprint density at radius 3 is 3.12 bits per heavy atom. The smallest absolute Gasteiger partial charge is 0.276 e.